The molecule has 4 N–H and O–H groups in total. The van der Waals surface area contributed by atoms with Crippen molar-refractivity contribution < 1.29 is 29.6 Å². The molecule has 21 heavy (non-hydrogen) atoms. The summed E-state index contributed by atoms with van der Waals surface area (Å²) in [6, 6.07) is 3.94. The number of hydrogen-bond donors (Lipinski definition) is 4. The lowest BCUT2D eigenvalue weighted by molar-refractivity contribution is -0.141. The Bertz CT molecular complexity index is 554. The first-order valence-electron chi connectivity index (χ1n) is 6.12. The second kappa shape index (κ2) is 7.30. The van der Waals surface area contributed by atoms with E-state index in [2.05, 4.69) is 11.9 Å². The standard InChI is InChI=1S/C14H17NO6/c1-8(2)14(20)21-7-10(16)6-15-9-3-4-12(17)11(5-9)13(18)19/h3-5,10,15-17H,1,6-7H2,2H3,(H,18,19). The van der Waals surface area contributed by atoms with Crippen molar-refractivity contribution in [1.29, 1.82) is 0 Å². The molecule has 1 rings (SSSR count). The molecular formula is C14H17NO6. The van der Waals surface area contributed by atoms with E-state index in [0.717, 1.165) is 0 Å². The number of aromatic hydroxyl groups is 1. The van der Waals surface area contributed by atoms with E-state index in [1.165, 1.54) is 25.1 Å². The van der Waals surface area contributed by atoms with Crippen LogP contribution in [0.1, 0.15) is 17.3 Å². The van der Waals surface area contributed by atoms with Crippen molar-refractivity contribution in [2.24, 2.45) is 0 Å². The van der Waals surface area contributed by atoms with Gasteiger partial charge >= 0.3 is 11.9 Å². The highest BCUT2D eigenvalue weighted by Crippen LogP contribution is 2.21. The number of carboxylic acids is 1. The lowest BCUT2D eigenvalue weighted by Crippen LogP contribution is -2.26. The highest BCUT2D eigenvalue weighted by Gasteiger charge is 2.12. The van der Waals surface area contributed by atoms with Crippen LogP contribution in [0, 0.1) is 0 Å². The number of carbonyl (C=O) groups is 2. The summed E-state index contributed by atoms with van der Waals surface area (Å²) in [6.07, 6.45) is -0.963. The first kappa shape index (κ1) is 16.5. The summed E-state index contributed by atoms with van der Waals surface area (Å²) in [5.41, 5.74) is 0.401. The number of nitrogens with one attached hydrogen (secondary N) is 1. The van der Waals surface area contributed by atoms with Crippen LogP contribution in [-0.4, -0.2) is 46.5 Å². The van der Waals surface area contributed by atoms with Gasteiger partial charge in [0, 0.05) is 17.8 Å². The lowest BCUT2D eigenvalue weighted by atomic mass is 10.1. The molecule has 0 radical (unpaired) electrons. The quantitative estimate of drug-likeness (QED) is 0.336. The SMILES string of the molecule is C=C(C)C(=O)OCC(O)CNc1ccc(O)c(C(=O)O)c1. The average molecular weight is 295 g/mol. The predicted molar refractivity (Wildman–Crippen MR) is 75.3 cm³/mol. The molecule has 7 nitrogen and oxygen atoms in total. The van der Waals surface area contributed by atoms with Crippen LogP contribution in [0.5, 0.6) is 5.75 Å². The minimum atomic E-state index is -1.26. The normalized spacial score (nSPS) is 11.5. The number of aliphatic hydroxyl groups excluding tert-OH is 1. The minimum absolute atomic E-state index is 0.0489. The van der Waals surface area contributed by atoms with Gasteiger partial charge in [-0.1, -0.05) is 6.58 Å². The van der Waals surface area contributed by atoms with E-state index in [4.69, 9.17) is 9.84 Å². The third-order valence-corrected chi connectivity index (χ3v) is 2.52. The van der Waals surface area contributed by atoms with Gasteiger partial charge in [-0.2, -0.15) is 0 Å². The van der Waals surface area contributed by atoms with Gasteiger partial charge in [-0.15, -0.1) is 0 Å². The number of carboxylic acid groups (broad SMARTS) is 1. The molecule has 0 aromatic heterocycles. The Labute approximate surface area is 121 Å². The lowest BCUT2D eigenvalue weighted by Gasteiger charge is -2.13. The summed E-state index contributed by atoms with van der Waals surface area (Å²) < 4.78 is 4.77. The van der Waals surface area contributed by atoms with Crippen LogP contribution in [-0.2, 0) is 9.53 Å². The van der Waals surface area contributed by atoms with Gasteiger partial charge in [0.1, 0.15) is 24.0 Å². The van der Waals surface area contributed by atoms with E-state index < -0.39 is 18.0 Å². The zero-order chi connectivity index (χ0) is 16.0. The molecule has 0 aliphatic rings. The molecule has 1 unspecified atom stereocenters. The van der Waals surface area contributed by atoms with Crippen LogP contribution in [0.25, 0.3) is 0 Å². The molecule has 0 saturated heterocycles. The molecule has 114 valence electrons. The minimum Gasteiger partial charge on any atom is -0.507 e. The highest BCUT2D eigenvalue weighted by atomic mass is 16.5. The predicted octanol–water partition coefficient (Wildman–Crippen LogP) is 0.982. The van der Waals surface area contributed by atoms with Crippen LogP contribution < -0.4 is 5.32 Å². The summed E-state index contributed by atoms with van der Waals surface area (Å²) in [5.74, 6) is -2.19. The van der Waals surface area contributed by atoms with Crippen LogP contribution in [0.4, 0.5) is 5.69 Å². The van der Waals surface area contributed by atoms with Gasteiger partial charge in [-0.25, -0.2) is 9.59 Å². The summed E-state index contributed by atoms with van der Waals surface area (Å²) in [7, 11) is 0. The number of esters is 1. The molecule has 0 aliphatic carbocycles. The van der Waals surface area contributed by atoms with Crippen LogP contribution in [0.15, 0.2) is 30.4 Å². The van der Waals surface area contributed by atoms with Crippen molar-refractivity contribution in [3.05, 3.63) is 35.9 Å². The summed E-state index contributed by atoms with van der Waals surface area (Å²) >= 11 is 0. The van der Waals surface area contributed by atoms with Crippen molar-refractivity contribution in [3.63, 3.8) is 0 Å². The number of aliphatic hydroxyl groups is 1. The molecule has 0 bridgehead atoms. The van der Waals surface area contributed by atoms with Crippen LogP contribution in [0.2, 0.25) is 0 Å². The Balaban J connectivity index is 2.51. The van der Waals surface area contributed by atoms with E-state index in [1.54, 1.807) is 0 Å². The monoisotopic (exact) mass is 295 g/mol. The van der Waals surface area contributed by atoms with Crippen molar-refractivity contribution in [1.82, 2.24) is 0 Å². The molecule has 0 heterocycles. The van der Waals surface area contributed by atoms with Crippen molar-refractivity contribution in [3.8, 4) is 5.75 Å². The number of anilines is 1. The van der Waals surface area contributed by atoms with Gasteiger partial charge in [-0.05, 0) is 25.1 Å². The van der Waals surface area contributed by atoms with Gasteiger partial charge in [0.2, 0.25) is 0 Å². The molecule has 1 aromatic carbocycles. The van der Waals surface area contributed by atoms with Gasteiger partial charge < -0.3 is 25.4 Å². The summed E-state index contributed by atoms with van der Waals surface area (Å²) in [6.45, 7) is 4.75. The maximum atomic E-state index is 11.1. The maximum absolute atomic E-state index is 11.1. The average Bonchev–Trinajstić information content (AvgIpc) is 2.43. The van der Waals surface area contributed by atoms with E-state index in [1.807, 2.05) is 0 Å². The Hall–Kier alpha value is -2.54. The summed E-state index contributed by atoms with van der Waals surface area (Å²) in [4.78, 5) is 22.0. The van der Waals surface area contributed by atoms with Gasteiger partial charge in [0.15, 0.2) is 0 Å². The highest BCUT2D eigenvalue weighted by molar-refractivity contribution is 5.92. The number of hydrogen-bond acceptors (Lipinski definition) is 6. The smallest absolute Gasteiger partial charge is 0.339 e. The van der Waals surface area contributed by atoms with Crippen molar-refractivity contribution in [2.75, 3.05) is 18.5 Å². The zero-order valence-electron chi connectivity index (χ0n) is 11.5. The first-order chi connectivity index (χ1) is 9.81. The van der Waals surface area contributed by atoms with Crippen LogP contribution >= 0.6 is 0 Å². The van der Waals surface area contributed by atoms with E-state index in [9.17, 15) is 19.8 Å². The molecule has 0 fully saturated rings. The van der Waals surface area contributed by atoms with Gasteiger partial charge in [0.25, 0.3) is 0 Å². The Morgan fingerprint density at radius 1 is 1.43 bits per heavy atom. The second-order valence-corrected chi connectivity index (χ2v) is 4.45. The van der Waals surface area contributed by atoms with Gasteiger partial charge in [-0.3, -0.25) is 0 Å². The first-order valence-corrected chi connectivity index (χ1v) is 6.12. The molecule has 0 spiro atoms. The number of aromatic carboxylic acids is 1. The Kier molecular flexibility index (Phi) is 5.74. The van der Waals surface area contributed by atoms with Crippen molar-refractivity contribution in [2.45, 2.75) is 13.0 Å². The molecule has 0 amide bonds. The third kappa shape index (κ3) is 5.15. The van der Waals surface area contributed by atoms with Crippen molar-refractivity contribution >= 4 is 17.6 Å². The Morgan fingerprint density at radius 3 is 2.67 bits per heavy atom. The number of phenols is 1. The molecular weight excluding hydrogens is 278 g/mol. The number of benzene rings is 1. The Morgan fingerprint density at radius 2 is 2.10 bits per heavy atom. The fraction of sp³-hybridized carbons (Fsp3) is 0.286. The molecule has 1 aromatic rings. The molecule has 7 heteroatoms. The van der Waals surface area contributed by atoms with Crippen LogP contribution in [0.3, 0.4) is 0 Å². The fourth-order valence-corrected chi connectivity index (χ4v) is 1.41. The van der Waals surface area contributed by atoms with E-state index >= 15 is 0 Å². The fourth-order valence-electron chi connectivity index (χ4n) is 1.41. The third-order valence-electron chi connectivity index (χ3n) is 2.52. The molecule has 0 aliphatic heterocycles. The molecule has 1 atom stereocenters. The number of ether oxygens (including phenoxy) is 1. The summed E-state index contributed by atoms with van der Waals surface area (Å²) in [5, 5.41) is 30.6. The molecule has 0 saturated carbocycles. The van der Waals surface area contributed by atoms with Gasteiger partial charge in [0.05, 0.1) is 0 Å². The van der Waals surface area contributed by atoms with E-state index in [-0.39, 0.29) is 30.0 Å². The largest absolute Gasteiger partial charge is 0.507 e. The number of carbonyl (C=O) groups excluding carboxylic acids is 1. The number of rotatable bonds is 7. The second-order valence-electron chi connectivity index (χ2n) is 4.45. The van der Waals surface area contributed by atoms with E-state index in [0.29, 0.717) is 5.69 Å². The topological polar surface area (TPSA) is 116 Å². The zero-order valence-corrected chi connectivity index (χ0v) is 11.5. The maximum Gasteiger partial charge on any atom is 0.339 e.